The Morgan fingerprint density at radius 1 is 1.25 bits per heavy atom. The Hall–Kier alpha value is -1.94. The smallest absolute Gasteiger partial charge is 0.149 e. The monoisotopic (exact) mass is 269 g/mol. The molecule has 1 aromatic heterocycles. The van der Waals surface area contributed by atoms with Gasteiger partial charge in [0.25, 0.3) is 0 Å². The number of ether oxygens (including phenoxy) is 1. The molecule has 0 aliphatic carbocycles. The zero-order valence-corrected chi connectivity index (χ0v) is 11.7. The van der Waals surface area contributed by atoms with Crippen LogP contribution >= 0.6 is 0 Å². The minimum absolute atomic E-state index is 0.0192. The van der Waals surface area contributed by atoms with Crippen LogP contribution in [-0.2, 0) is 6.42 Å². The van der Waals surface area contributed by atoms with E-state index in [1.54, 1.807) is 12.4 Å². The first-order valence-electron chi connectivity index (χ1n) is 7.15. The van der Waals surface area contributed by atoms with E-state index in [0.717, 1.165) is 43.1 Å². The molecule has 20 heavy (non-hydrogen) atoms. The van der Waals surface area contributed by atoms with Crippen molar-refractivity contribution in [3.63, 3.8) is 0 Å². The van der Waals surface area contributed by atoms with Gasteiger partial charge in [0.2, 0.25) is 0 Å². The second-order valence-corrected chi connectivity index (χ2v) is 4.89. The van der Waals surface area contributed by atoms with Crippen molar-refractivity contribution >= 4 is 0 Å². The minimum Gasteiger partial charge on any atom is -0.493 e. The van der Waals surface area contributed by atoms with Crippen LogP contribution in [0.1, 0.15) is 36.3 Å². The third kappa shape index (κ3) is 2.51. The number of benzene rings is 1. The van der Waals surface area contributed by atoms with Gasteiger partial charge in [0, 0.05) is 18.0 Å². The van der Waals surface area contributed by atoms with Gasteiger partial charge in [0.15, 0.2) is 0 Å². The van der Waals surface area contributed by atoms with Crippen molar-refractivity contribution < 1.29 is 4.74 Å². The first-order chi connectivity index (χ1) is 9.90. The molecular weight excluding hydrogens is 250 g/mol. The largest absolute Gasteiger partial charge is 0.493 e. The van der Waals surface area contributed by atoms with Crippen LogP contribution in [0.25, 0.3) is 0 Å². The van der Waals surface area contributed by atoms with E-state index in [1.165, 1.54) is 5.56 Å². The van der Waals surface area contributed by atoms with Crippen molar-refractivity contribution in [3.8, 4) is 5.75 Å². The molecule has 1 aliphatic heterocycles. The molecule has 2 aromatic rings. The molecule has 0 saturated carbocycles. The highest BCUT2D eigenvalue weighted by atomic mass is 16.5. The van der Waals surface area contributed by atoms with Crippen LogP contribution in [0.15, 0.2) is 36.7 Å². The van der Waals surface area contributed by atoms with Crippen molar-refractivity contribution in [1.29, 1.82) is 0 Å². The van der Waals surface area contributed by atoms with Gasteiger partial charge < -0.3 is 10.1 Å². The molecule has 1 aromatic carbocycles. The molecule has 0 radical (unpaired) electrons. The SMILES string of the molecule is CCNC(c1ncccn1)c1cccc2c1OCCC2. The molecule has 4 nitrogen and oxygen atoms in total. The molecule has 104 valence electrons. The topological polar surface area (TPSA) is 47.0 Å². The predicted octanol–water partition coefficient (Wildman–Crippen LogP) is 2.50. The fraction of sp³-hybridized carbons (Fsp3) is 0.375. The Balaban J connectivity index is 2.04. The molecule has 1 N–H and O–H groups in total. The molecule has 2 heterocycles. The second kappa shape index (κ2) is 6.01. The molecule has 0 bridgehead atoms. The highest BCUT2D eigenvalue weighted by molar-refractivity contribution is 5.46. The fourth-order valence-corrected chi connectivity index (χ4v) is 2.65. The maximum Gasteiger partial charge on any atom is 0.149 e. The number of aryl methyl sites for hydroxylation is 1. The zero-order valence-electron chi connectivity index (χ0n) is 11.7. The lowest BCUT2D eigenvalue weighted by Crippen LogP contribution is -2.25. The summed E-state index contributed by atoms with van der Waals surface area (Å²) >= 11 is 0. The molecule has 1 unspecified atom stereocenters. The summed E-state index contributed by atoms with van der Waals surface area (Å²) in [6, 6.07) is 8.16. The van der Waals surface area contributed by atoms with Crippen LogP contribution in [0.3, 0.4) is 0 Å². The van der Waals surface area contributed by atoms with Crippen LogP contribution in [-0.4, -0.2) is 23.1 Å². The van der Waals surface area contributed by atoms with E-state index in [2.05, 4.69) is 40.4 Å². The highest BCUT2D eigenvalue weighted by Gasteiger charge is 2.23. The van der Waals surface area contributed by atoms with E-state index in [-0.39, 0.29) is 6.04 Å². The number of hydrogen-bond acceptors (Lipinski definition) is 4. The van der Waals surface area contributed by atoms with Gasteiger partial charge in [-0.3, -0.25) is 0 Å². The molecule has 0 amide bonds. The lowest BCUT2D eigenvalue weighted by molar-refractivity contribution is 0.282. The summed E-state index contributed by atoms with van der Waals surface area (Å²) < 4.78 is 5.91. The van der Waals surface area contributed by atoms with E-state index in [1.807, 2.05) is 6.07 Å². The quantitative estimate of drug-likeness (QED) is 0.926. The molecule has 1 aliphatic rings. The minimum atomic E-state index is -0.0192. The molecule has 0 saturated heterocycles. The summed E-state index contributed by atoms with van der Waals surface area (Å²) in [6.45, 7) is 3.73. The normalized spacial score (nSPS) is 15.2. The van der Waals surface area contributed by atoms with Crippen molar-refractivity contribution in [2.75, 3.05) is 13.2 Å². The van der Waals surface area contributed by atoms with E-state index in [0.29, 0.717) is 0 Å². The summed E-state index contributed by atoms with van der Waals surface area (Å²) in [7, 11) is 0. The van der Waals surface area contributed by atoms with Gasteiger partial charge in [-0.05, 0) is 31.0 Å². The molecule has 0 fully saturated rings. The molecule has 4 heteroatoms. The average molecular weight is 269 g/mol. The summed E-state index contributed by atoms with van der Waals surface area (Å²) in [5.74, 6) is 1.80. The van der Waals surface area contributed by atoms with Crippen molar-refractivity contribution in [1.82, 2.24) is 15.3 Å². The first kappa shape index (κ1) is 13.1. The van der Waals surface area contributed by atoms with Gasteiger partial charge in [0.05, 0.1) is 12.6 Å². The Kier molecular flexibility index (Phi) is 3.92. The second-order valence-electron chi connectivity index (χ2n) is 4.89. The lowest BCUT2D eigenvalue weighted by atomic mass is 9.97. The van der Waals surface area contributed by atoms with E-state index >= 15 is 0 Å². The van der Waals surface area contributed by atoms with Crippen molar-refractivity contribution in [3.05, 3.63) is 53.6 Å². The number of para-hydroxylation sites is 1. The Bertz CT molecular complexity index is 571. The molecular formula is C16H19N3O. The summed E-state index contributed by atoms with van der Waals surface area (Å²) in [6.07, 6.45) is 5.73. The van der Waals surface area contributed by atoms with Gasteiger partial charge >= 0.3 is 0 Å². The summed E-state index contributed by atoms with van der Waals surface area (Å²) in [5.41, 5.74) is 2.42. The van der Waals surface area contributed by atoms with Crippen LogP contribution in [0.5, 0.6) is 5.75 Å². The van der Waals surface area contributed by atoms with Gasteiger partial charge in [-0.2, -0.15) is 0 Å². The average Bonchev–Trinajstić information content (AvgIpc) is 2.53. The molecule has 0 spiro atoms. The first-order valence-corrected chi connectivity index (χ1v) is 7.15. The number of nitrogens with one attached hydrogen (secondary N) is 1. The third-order valence-electron chi connectivity index (χ3n) is 3.53. The Labute approximate surface area is 119 Å². The third-order valence-corrected chi connectivity index (χ3v) is 3.53. The highest BCUT2D eigenvalue weighted by Crippen LogP contribution is 2.34. The summed E-state index contributed by atoms with van der Waals surface area (Å²) in [5, 5.41) is 3.46. The van der Waals surface area contributed by atoms with Crippen LogP contribution in [0.4, 0.5) is 0 Å². The van der Waals surface area contributed by atoms with E-state index < -0.39 is 0 Å². The van der Waals surface area contributed by atoms with Gasteiger partial charge in [0.1, 0.15) is 11.6 Å². The lowest BCUT2D eigenvalue weighted by Gasteiger charge is -2.25. The van der Waals surface area contributed by atoms with Gasteiger partial charge in [-0.15, -0.1) is 0 Å². The fourth-order valence-electron chi connectivity index (χ4n) is 2.65. The maximum atomic E-state index is 5.91. The zero-order chi connectivity index (χ0) is 13.8. The number of hydrogen-bond donors (Lipinski definition) is 1. The van der Waals surface area contributed by atoms with Gasteiger partial charge in [-0.1, -0.05) is 25.1 Å². The number of rotatable bonds is 4. The van der Waals surface area contributed by atoms with Crippen molar-refractivity contribution in [2.24, 2.45) is 0 Å². The summed E-state index contributed by atoms with van der Waals surface area (Å²) in [4.78, 5) is 8.79. The number of aromatic nitrogens is 2. The Morgan fingerprint density at radius 3 is 2.90 bits per heavy atom. The Morgan fingerprint density at radius 2 is 2.10 bits per heavy atom. The van der Waals surface area contributed by atoms with E-state index in [4.69, 9.17) is 4.74 Å². The number of nitrogens with zero attached hydrogens (tertiary/aromatic N) is 2. The maximum absolute atomic E-state index is 5.91. The van der Waals surface area contributed by atoms with E-state index in [9.17, 15) is 0 Å². The van der Waals surface area contributed by atoms with Crippen LogP contribution in [0, 0.1) is 0 Å². The predicted molar refractivity (Wildman–Crippen MR) is 77.8 cm³/mol. The molecule has 3 rings (SSSR count). The van der Waals surface area contributed by atoms with Crippen LogP contribution in [0.2, 0.25) is 0 Å². The molecule has 1 atom stereocenters. The number of fused-ring (bicyclic) bond motifs is 1. The van der Waals surface area contributed by atoms with Gasteiger partial charge in [-0.25, -0.2) is 9.97 Å². The van der Waals surface area contributed by atoms with Crippen molar-refractivity contribution in [2.45, 2.75) is 25.8 Å². The van der Waals surface area contributed by atoms with Crippen LogP contribution < -0.4 is 10.1 Å². The standard InChI is InChI=1S/C16H19N3O/c1-2-17-14(16-18-9-5-10-19-16)13-8-3-6-12-7-4-11-20-15(12)13/h3,5-6,8-10,14,17H,2,4,7,11H2,1H3.